The molecule has 0 aliphatic heterocycles. The lowest BCUT2D eigenvalue weighted by molar-refractivity contribution is -0.120. The molecule has 0 fully saturated rings. The van der Waals surface area contributed by atoms with Gasteiger partial charge in [-0.05, 0) is 71.1 Å². The summed E-state index contributed by atoms with van der Waals surface area (Å²) < 4.78 is 0.910. The highest BCUT2D eigenvalue weighted by Crippen LogP contribution is 2.27. The van der Waals surface area contributed by atoms with E-state index < -0.39 is 0 Å². The molecule has 0 spiro atoms. The molecule has 1 heterocycles. The second-order valence-corrected chi connectivity index (χ2v) is 11.6. The van der Waals surface area contributed by atoms with Crippen molar-refractivity contribution in [3.05, 3.63) is 153 Å². The van der Waals surface area contributed by atoms with Crippen LogP contribution in [0.1, 0.15) is 38.3 Å². The molecule has 0 radical (unpaired) electrons. The fourth-order valence-electron chi connectivity index (χ4n) is 5.16. The van der Waals surface area contributed by atoms with Gasteiger partial charge >= 0.3 is 0 Å². The van der Waals surface area contributed by atoms with Crippen molar-refractivity contribution in [1.29, 1.82) is 5.41 Å². The molecule has 0 aliphatic rings. The van der Waals surface area contributed by atoms with Gasteiger partial charge in [-0.15, -0.1) is 0 Å². The zero-order chi connectivity index (χ0) is 34.0. The molecule has 8 N–H and O–H groups in total. The molecule has 0 saturated carbocycles. The highest BCUT2D eigenvalue weighted by molar-refractivity contribution is 6.30. The minimum atomic E-state index is -0.351. The van der Waals surface area contributed by atoms with Crippen molar-refractivity contribution in [3.8, 4) is 11.1 Å². The monoisotopic (exact) mass is 661 g/mol. The van der Waals surface area contributed by atoms with E-state index in [4.69, 9.17) is 28.5 Å². The van der Waals surface area contributed by atoms with Gasteiger partial charge in [0.15, 0.2) is 5.49 Å². The van der Waals surface area contributed by atoms with Crippen molar-refractivity contribution >= 4 is 34.9 Å². The highest BCUT2D eigenvalue weighted by atomic mass is 35.5. The van der Waals surface area contributed by atoms with Crippen LogP contribution in [0.3, 0.4) is 0 Å². The Labute approximate surface area is 283 Å². The molecule has 0 bridgehead atoms. The van der Waals surface area contributed by atoms with Gasteiger partial charge in [-0.25, -0.2) is 0 Å². The number of rotatable bonds is 12. The molecule has 0 unspecified atom stereocenters. The molecule has 48 heavy (non-hydrogen) atoms. The summed E-state index contributed by atoms with van der Waals surface area (Å²) in [5.74, 6) is -0.704. The lowest BCUT2D eigenvalue weighted by atomic mass is 9.98. The summed E-state index contributed by atoms with van der Waals surface area (Å²) in [4.78, 5) is 31.0. The second kappa shape index (κ2) is 15.6. The SMILES string of the molecule is N=C(N)c1ccc(CNC(=O)Cc2c(-c3cc(N)cc(C(=O)NCc4ccccc4)c3)ccc(=NCCc3cccc(Cl)c3)n2O)cc1. The molecule has 0 saturated heterocycles. The Morgan fingerprint density at radius 1 is 0.812 bits per heavy atom. The van der Waals surface area contributed by atoms with Crippen molar-refractivity contribution < 1.29 is 14.8 Å². The number of nitrogens with one attached hydrogen (secondary N) is 3. The van der Waals surface area contributed by atoms with Gasteiger partial charge in [-0.2, -0.15) is 4.73 Å². The lowest BCUT2D eigenvalue weighted by Gasteiger charge is -2.16. The number of benzene rings is 4. The van der Waals surface area contributed by atoms with E-state index in [1.165, 1.54) is 0 Å². The van der Waals surface area contributed by atoms with Crippen molar-refractivity contribution in [2.45, 2.75) is 25.9 Å². The number of pyridine rings is 1. The summed E-state index contributed by atoms with van der Waals surface area (Å²) in [6.45, 7) is 0.937. The Hall–Kier alpha value is -5.87. The van der Waals surface area contributed by atoms with Gasteiger partial charge in [0.05, 0.1) is 12.1 Å². The van der Waals surface area contributed by atoms with Gasteiger partial charge in [0.2, 0.25) is 5.91 Å². The molecule has 5 rings (SSSR count). The molecular weight excluding hydrogens is 626 g/mol. The quantitative estimate of drug-likeness (QED) is 0.0485. The zero-order valence-electron chi connectivity index (χ0n) is 26.1. The molecule has 0 aliphatic carbocycles. The van der Waals surface area contributed by atoms with Crippen LogP contribution in [-0.4, -0.2) is 34.1 Å². The second-order valence-electron chi connectivity index (χ2n) is 11.2. The van der Waals surface area contributed by atoms with E-state index in [1.807, 2.05) is 48.5 Å². The van der Waals surface area contributed by atoms with Gasteiger partial charge in [0, 0.05) is 47.0 Å². The van der Waals surface area contributed by atoms with Crippen LogP contribution in [0.2, 0.25) is 5.02 Å². The summed E-state index contributed by atoms with van der Waals surface area (Å²) in [7, 11) is 0. The van der Waals surface area contributed by atoms with E-state index in [-0.39, 0.29) is 41.8 Å². The van der Waals surface area contributed by atoms with Gasteiger partial charge in [-0.1, -0.05) is 78.3 Å². The predicted octanol–water partition coefficient (Wildman–Crippen LogP) is 4.84. The van der Waals surface area contributed by atoms with E-state index in [9.17, 15) is 14.8 Å². The molecule has 5 aromatic rings. The number of hydrogen-bond acceptors (Lipinski definition) is 6. The molecule has 4 aromatic carbocycles. The molecule has 11 heteroatoms. The maximum atomic E-state index is 13.3. The molecular formula is C37H36ClN7O3. The van der Waals surface area contributed by atoms with Gasteiger partial charge in [0.25, 0.3) is 5.91 Å². The fourth-order valence-corrected chi connectivity index (χ4v) is 5.37. The third-order valence-corrected chi connectivity index (χ3v) is 7.89. The van der Waals surface area contributed by atoms with Crippen LogP contribution in [0.15, 0.2) is 114 Å². The number of halogens is 1. The minimum Gasteiger partial charge on any atom is -0.427 e. The number of nitrogen functional groups attached to an aromatic ring is 2. The minimum absolute atomic E-state index is 0.0399. The highest BCUT2D eigenvalue weighted by Gasteiger charge is 2.17. The fraction of sp³-hybridized carbons (Fsp3) is 0.135. The van der Waals surface area contributed by atoms with E-state index in [2.05, 4.69) is 15.6 Å². The van der Waals surface area contributed by atoms with Crippen LogP contribution in [0.25, 0.3) is 11.1 Å². The Bertz CT molecular complexity index is 2010. The maximum absolute atomic E-state index is 13.3. The number of carbonyl (C=O) groups is 2. The molecule has 10 nitrogen and oxygen atoms in total. The van der Waals surface area contributed by atoms with E-state index >= 15 is 0 Å². The standard InChI is InChI=1S/C37H36ClN7O3/c38-30-8-4-7-24(17-30)15-16-42-34-14-13-32(28-18-29(20-31(39)19-28)37(47)44-23-25-5-2-1-3-6-25)33(45(34)48)21-35(46)43-22-26-9-11-27(12-10-26)36(40)41/h1-14,17-20,48H,15-16,21-23,39H2,(H3,40,41)(H,43,46)(H,44,47). The average molecular weight is 662 g/mol. The first-order valence-corrected chi connectivity index (χ1v) is 15.7. The van der Waals surface area contributed by atoms with Crippen LogP contribution >= 0.6 is 11.6 Å². The smallest absolute Gasteiger partial charge is 0.251 e. The van der Waals surface area contributed by atoms with Gasteiger partial charge < -0.3 is 27.3 Å². The van der Waals surface area contributed by atoms with Crippen molar-refractivity contribution in [1.82, 2.24) is 15.4 Å². The third kappa shape index (κ3) is 8.89. The molecule has 2 amide bonds. The van der Waals surface area contributed by atoms with Crippen molar-refractivity contribution in [2.24, 2.45) is 10.7 Å². The number of anilines is 1. The number of amidine groups is 1. The topological polar surface area (TPSA) is 172 Å². The van der Waals surface area contributed by atoms with E-state index in [0.29, 0.717) is 52.5 Å². The first kappa shape index (κ1) is 33.5. The molecule has 244 valence electrons. The Kier molecular flexibility index (Phi) is 10.9. The maximum Gasteiger partial charge on any atom is 0.251 e. The first-order valence-electron chi connectivity index (χ1n) is 15.3. The molecule has 1 aromatic heterocycles. The number of nitrogens with zero attached hydrogens (tertiary/aromatic N) is 2. The number of hydrogen-bond donors (Lipinski definition) is 6. The van der Waals surface area contributed by atoms with E-state index in [0.717, 1.165) is 21.4 Å². The van der Waals surface area contributed by atoms with Crippen molar-refractivity contribution in [3.63, 3.8) is 0 Å². The van der Waals surface area contributed by atoms with E-state index in [1.54, 1.807) is 60.7 Å². The first-order chi connectivity index (χ1) is 23.2. The van der Waals surface area contributed by atoms with Crippen molar-refractivity contribution in [2.75, 3.05) is 12.3 Å². The summed E-state index contributed by atoms with van der Waals surface area (Å²) in [5.41, 5.74) is 17.4. The largest absolute Gasteiger partial charge is 0.427 e. The van der Waals surface area contributed by atoms with Crippen LogP contribution in [-0.2, 0) is 30.7 Å². The average Bonchev–Trinajstić information content (AvgIpc) is 3.08. The van der Waals surface area contributed by atoms with Crippen LogP contribution in [0, 0.1) is 5.41 Å². The predicted molar refractivity (Wildman–Crippen MR) is 188 cm³/mol. The van der Waals surface area contributed by atoms with Crippen LogP contribution < -0.4 is 27.6 Å². The normalized spacial score (nSPS) is 11.2. The summed E-state index contributed by atoms with van der Waals surface area (Å²) in [5, 5.41) is 25.4. The lowest BCUT2D eigenvalue weighted by Crippen LogP contribution is -2.30. The summed E-state index contributed by atoms with van der Waals surface area (Å²) in [6.07, 6.45) is 0.399. The Morgan fingerprint density at radius 3 is 2.25 bits per heavy atom. The summed E-state index contributed by atoms with van der Waals surface area (Å²) >= 11 is 6.12. The van der Waals surface area contributed by atoms with Crippen LogP contribution in [0.5, 0.6) is 0 Å². The van der Waals surface area contributed by atoms with Gasteiger partial charge in [-0.3, -0.25) is 20.0 Å². The number of nitrogens with two attached hydrogens (primary N) is 2. The van der Waals surface area contributed by atoms with Gasteiger partial charge in [0.1, 0.15) is 5.84 Å². The molecule has 0 atom stereocenters. The van der Waals surface area contributed by atoms with Crippen LogP contribution in [0.4, 0.5) is 5.69 Å². The Balaban J connectivity index is 1.42. The summed E-state index contributed by atoms with van der Waals surface area (Å²) in [6, 6.07) is 32.4. The number of aromatic nitrogens is 1. The Morgan fingerprint density at radius 2 is 1.52 bits per heavy atom. The zero-order valence-corrected chi connectivity index (χ0v) is 26.9. The number of carbonyl (C=O) groups excluding carboxylic acids is 2. The number of amides is 2. The third-order valence-electron chi connectivity index (χ3n) is 7.65.